The number of allylic oxidation sites excluding steroid dienone is 2. The molecule has 0 unspecified atom stereocenters. The number of carbonyl (C=O) groups excluding carboxylic acids is 1. The minimum absolute atomic E-state index is 0.120. The fraction of sp³-hybridized carbons (Fsp3) is 0.200. The molecular weight excluding hydrogens is 454 g/mol. The minimum atomic E-state index is -1.77. The van der Waals surface area contributed by atoms with E-state index in [-0.39, 0.29) is 41.7 Å². The van der Waals surface area contributed by atoms with Crippen molar-refractivity contribution in [3.05, 3.63) is 76.4 Å². The van der Waals surface area contributed by atoms with Gasteiger partial charge in [-0.05, 0) is 70.7 Å². The van der Waals surface area contributed by atoms with Crippen molar-refractivity contribution in [2.24, 2.45) is 0 Å². The molecule has 2 aromatic carbocycles. The number of halogens is 1. The van der Waals surface area contributed by atoms with Gasteiger partial charge in [0.1, 0.15) is 23.6 Å². The Kier molecular flexibility index (Phi) is 7.04. The number of benzene rings is 2. The third-order valence-electron chi connectivity index (χ3n) is 5.90. The number of ether oxygens (including phenoxy) is 2. The minimum Gasteiger partial charge on any atom is -0.497 e. The summed E-state index contributed by atoms with van der Waals surface area (Å²) in [6.07, 6.45) is 4.90. The van der Waals surface area contributed by atoms with Gasteiger partial charge in [0.25, 0.3) is 0 Å². The molecule has 0 spiro atoms. The number of methoxy groups -OCH3 is 2. The monoisotopic (exact) mass is 478 g/mol. The Morgan fingerprint density at radius 3 is 2.49 bits per heavy atom. The quantitative estimate of drug-likeness (QED) is 0.426. The molecule has 3 aromatic rings. The van der Waals surface area contributed by atoms with Gasteiger partial charge < -0.3 is 29.4 Å². The zero-order valence-electron chi connectivity index (χ0n) is 19.5. The average Bonchev–Trinajstić information content (AvgIpc) is 3.43. The summed E-state index contributed by atoms with van der Waals surface area (Å²) in [5, 5.41) is 25.9. The van der Waals surface area contributed by atoms with Crippen LogP contribution in [0.4, 0.5) is 4.39 Å². The van der Waals surface area contributed by atoms with E-state index in [1.807, 2.05) is 13.0 Å². The summed E-state index contributed by atoms with van der Waals surface area (Å²) in [4.78, 5) is 12.4. The molecule has 0 fully saturated rings. The number of amides is 1. The number of carbonyl (C=O) groups is 1. The lowest BCUT2D eigenvalue weighted by molar-refractivity contribution is -0.120. The van der Waals surface area contributed by atoms with Gasteiger partial charge in [-0.25, -0.2) is 4.39 Å². The molecule has 1 aliphatic carbocycles. The van der Waals surface area contributed by atoms with Crippen LogP contribution >= 0.6 is 0 Å². The van der Waals surface area contributed by atoms with Gasteiger partial charge in [0, 0.05) is 12.1 Å². The zero-order chi connectivity index (χ0) is 25.1. The lowest BCUT2D eigenvalue weighted by atomic mass is 9.78. The van der Waals surface area contributed by atoms with Crippen molar-refractivity contribution in [1.82, 2.24) is 10.5 Å². The van der Waals surface area contributed by atoms with Crippen LogP contribution in [0.1, 0.15) is 29.2 Å². The maximum atomic E-state index is 14.2. The predicted octanol–water partition coefficient (Wildman–Crippen LogP) is 2.20. The molecule has 0 bridgehead atoms. The molecule has 1 amide bonds. The molecule has 4 rings (SSSR count). The van der Waals surface area contributed by atoms with Crippen LogP contribution < -0.4 is 20.3 Å². The molecule has 0 aliphatic heterocycles. The molecule has 0 saturated carbocycles. The Balaban J connectivity index is 1.71. The average molecular weight is 478 g/mol. The van der Waals surface area contributed by atoms with E-state index in [0.717, 1.165) is 22.3 Å². The fourth-order valence-corrected chi connectivity index (χ4v) is 4.19. The zero-order valence-corrected chi connectivity index (χ0v) is 19.5. The van der Waals surface area contributed by atoms with Crippen LogP contribution in [0.15, 0.2) is 52.9 Å². The molecular formula is C25H24BFN2O6. The molecule has 0 atom stereocenters. The van der Waals surface area contributed by atoms with Crippen molar-refractivity contribution in [2.45, 2.75) is 13.3 Å². The third-order valence-corrected chi connectivity index (χ3v) is 5.90. The highest BCUT2D eigenvalue weighted by molar-refractivity contribution is 6.61. The van der Waals surface area contributed by atoms with Gasteiger partial charge in [0.15, 0.2) is 0 Å². The highest BCUT2D eigenvalue weighted by Gasteiger charge is 2.26. The van der Waals surface area contributed by atoms with E-state index in [4.69, 9.17) is 14.0 Å². The summed E-state index contributed by atoms with van der Waals surface area (Å²) in [6, 6.07) is 7.87. The Bertz CT molecular complexity index is 1290. The molecule has 35 heavy (non-hydrogen) atoms. The molecule has 1 heterocycles. The Hall–Kier alpha value is -3.89. The van der Waals surface area contributed by atoms with E-state index in [2.05, 4.69) is 10.5 Å². The Labute approximate surface area is 201 Å². The largest absolute Gasteiger partial charge is 0.497 e. The Morgan fingerprint density at radius 2 is 1.89 bits per heavy atom. The van der Waals surface area contributed by atoms with Gasteiger partial charge in [0.2, 0.25) is 5.91 Å². The van der Waals surface area contributed by atoms with E-state index in [1.165, 1.54) is 38.8 Å². The van der Waals surface area contributed by atoms with Crippen LogP contribution in [0.3, 0.4) is 0 Å². The second-order valence-corrected chi connectivity index (χ2v) is 8.05. The summed E-state index contributed by atoms with van der Waals surface area (Å²) < 4.78 is 29.6. The van der Waals surface area contributed by atoms with Gasteiger partial charge in [-0.2, -0.15) is 0 Å². The normalized spacial score (nSPS) is 13.7. The molecule has 1 aliphatic rings. The second-order valence-electron chi connectivity index (χ2n) is 8.05. The topological polar surface area (TPSA) is 114 Å². The standard InChI is InChI=1S/C25H24BFN2O6/c1-14-19(6-15-7-22(33-2)25(26(31)32)23(8-15)34-3)18-5-4-17(27)10-20(18)21(14)12-28-24(30)9-16-11-29-35-13-16/h4-8,10-11,13,31-32H,9,12H2,1-3H3,(H,28,30). The van der Waals surface area contributed by atoms with Gasteiger partial charge in [-0.1, -0.05) is 11.2 Å². The van der Waals surface area contributed by atoms with Crippen LogP contribution in [0, 0.1) is 5.82 Å². The van der Waals surface area contributed by atoms with Crippen LogP contribution in [0.25, 0.3) is 17.2 Å². The Morgan fingerprint density at radius 1 is 1.17 bits per heavy atom. The van der Waals surface area contributed by atoms with E-state index in [1.54, 1.807) is 18.2 Å². The third kappa shape index (κ3) is 4.98. The fourth-order valence-electron chi connectivity index (χ4n) is 4.19. The van der Waals surface area contributed by atoms with E-state index < -0.39 is 7.12 Å². The van der Waals surface area contributed by atoms with Gasteiger partial charge in [-0.3, -0.25) is 4.79 Å². The number of hydrogen-bond donors (Lipinski definition) is 3. The number of aromatic nitrogens is 1. The highest BCUT2D eigenvalue weighted by Crippen LogP contribution is 2.42. The molecule has 3 N–H and O–H groups in total. The van der Waals surface area contributed by atoms with Crippen molar-refractivity contribution in [3.63, 3.8) is 0 Å². The van der Waals surface area contributed by atoms with Crippen molar-refractivity contribution in [2.75, 3.05) is 20.8 Å². The first-order valence-corrected chi connectivity index (χ1v) is 10.8. The maximum Gasteiger partial charge on any atom is 0.496 e. The lowest BCUT2D eigenvalue weighted by Gasteiger charge is -2.14. The van der Waals surface area contributed by atoms with E-state index in [0.29, 0.717) is 16.7 Å². The van der Waals surface area contributed by atoms with Gasteiger partial charge in [0.05, 0.1) is 32.3 Å². The second kappa shape index (κ2) is 10.2. The summed E-state index contributed by atoms with van der Waals surface area (Å²) in [6.45, 7) is 2.12. The van der Waals surface area contributed by atoms with Gasteiger partial charge >= 0.3 is 7.12 Å². The van der Waals surface area contributed by atoms with Crippen LogP contribution in [0.5, 0.6) is 11.5 Å². The van der Waals surface area contributed by atoms with Crippen molar-refractivity contribution < 1.29 is 33.2 Å². The van der Waals surface area contributed by atoms with Crippen LogP contribution in [-0.2, 0) is 11.2 Å². The molecule has 8 nitrogen and oxygen atoms in total. The number of nitrogens with zero attached hydrogens (tertiary/aromatic N) is 1. The first-order chi connectivity index (χ1) is 16.8. The smallest absolute Gasteiger partial charge is 0.496 e. The summed E-state index contributed by atoms with van der Waals surface area (Å²) in [5.74, 6) is -0.0787. The summed E-state index contributed by atoms with van der Waals surface area (Å²) in [5.41, 5.74) is 5.48. The molecule has 0 saturated heterocycles. The van der Waals surface area contributed by atoms with E-state index >= 15 is 0 Å². The van der Waals surface area contributed by atoms with Crippen LogP contribution in [0.2, 0.25) is 0 Å². The molecule has 0 radical (unpaired) electrons. The van der Waals surface area contributed by atoms with Crippen LogP contribution in [-0.4, -0.2) is 49.0 Å². The van der Waals surface area contributed by atoms with Gasteiger partial charge in [-0.15, -0.1) is 0 Å². The SMILES string of the molecule is COc1cc(C=C2C(C)=C(CNC(=O)Cc3cnoc3)c3cc(F)ccc32)cc(OC)c1B(O)O. The number of rotatable bonds is 8. The van der Waals surface area contributed by atoms with Crippen molar-refractivity contribution in [3.8, 4) is 11.5 Å². The van der Waals surface area contributed by atoms with Crippen molar-refractivity contribution >= 4 is 35.7 Å². The summed E-state index contributed by atoms with van der Waals surface area (Å²) in [7, 11) is 1.08. The first kappa shape index (κ1) is 24.2. The summed E-state index contributed by atoms with van der Waals surface area (Å²) >= 11 is 0. The number of fused-ring (bicyclic) bond motifs is 1. The molecule has 180 valence electrons. The number of nitrogens with one attached hydrogen (secondary N) is 1. The maximum absolute atomic E-state index is 14.2. The molecule has 10 heteroatoms. The lowest BCUT2D eigenvalue weighted by Crippen LogP contribution is -2.32. The number of hydrogen-bond acceptors (Lipinski definition) is 7. The first-order valence-electron chi connectivity index (χ1n) is 10.8. The van der Waals surface area contributed by atoms with Crippen molar-refractivity contribution in [1.29, 1.82) is 0 Å². The van der Waals surface area contributed by atoms with E-state index in [9.17, 15) is 19.2 Å². The molecule has 1 aromatic heterocycles. The predicted molar refractivity (Wildman–Crippen MR) is 129 cm³/mol. The highest BCUT2D eigenvalue weighted by atomic mass is 19.1.